The molecule has 0 saturated carbocycles. The molecule has 0 radical (unpaired) electrons. The molecule has 1 aromatic heterocycles. The van der Waals surface area contributed by atoms with E-state index in [4.69, 9.17) is 23.2 Å². The average molecular weight is 433 g/mol. The van der Waals surface area contributed by atoms with Crippen molar-refractivity contribution in [1.29, 1.82) is 0 Å². The number of aryl methyl sites for hydroxylation is 1. The minimum absolute atomic E-state index is 0.0419. The highest BCUT2D eigenvalue weighted by Crippen LogP contribution is 2.27. The third-order valence-corrected chi connectivity index (χ3v) is 5.09. The van der Waals surface area contributed by atoms with E-state index < -0.39 is 4.92 Å². The van der Waals surface area contributed by atoms with Crippen LogP contribution >= 0.6 is 23.2 Å². The van der Waals surface area contributed by atoms with Gasteiger partial charge in [-0.1, -0.05) is 36.5 Å². The highest BCUT2D eigenvalue weighted by molar-refractivity contribution is 6.42. The van der Waals surface area contributed by atoms with Gasteiger partial charge in [0.15, 0.2) is 0 Å². The maximum Gasteiger partial charge on any atom is 0.280 e. The van der Waals surface area contributed by atoms with Gasteiger partial charge in [0.1, 0.15) is 0 Å². The van der Waals surface area contributed by atoms with Crippen LogP contribution in [0.3, 0.4) is 0 Å². The maximum absolute atomic E-state index is 13.1. The largest absolute Gasteiger partial charge is 0.294 e. The molecule has 2 aromatic carbocycles. The fourth-order valence-electron chi connectivity index (χ4n) is 3.00. The lowest BCUT2D eigenvalue weighted by Gasteiger charge is -2.02. The minimum atomic E-state index is -0.483. The van der Waals surface area contributed by atoms with Gasteiger partial charge in [-0.2, -0.15) is 0 Å². The van der Waals surface area contributed by atoms with Gasteiger partial charge in [0, 0.05) is 17.8 Å². The van der Waals surface area contributed by atoms with Crippen molar-refractivity contribution in [2.24, 2.45) is 4.99 Å². The van der Waals surface area contributed by atoms with Crippen molar-refractivity contribution in [3.8, 4) is 5.69 Å². The molecule has 7 nitrogen and oxygen atoms in total. The molecule has 1 heterocycles. The number of rotatable bonds is 6. The third kappa shape index (κ3) is 4.41. The molecule has 0 aliphatic carbocycles. The zero-order chi connectivity index (χ0) is 21.1. The molecule has 0 spiro atoms. The Morgan fingerprint density at radius 1 is 1.17 bits per heavy atom. The number of hydrogen-bond donors (Lipinski definition) is 1. The van der Waals surface area contributed by atoms with Crippen LogP contribution in [0.25, 0.3) is 5.69 Å². The fraction of sp³-hybridized carbons (Fsp3) is 0.200. The summed E-state index contributed by atoms with van der Waals surface area (Å²) in [6.45, 7) is 3.77. The zero-order valence-corrected chi connectivity index (χ0v) is 17.3. The van der Waals surface area contributed by atoms with Gasteiger partial charge in [0.25, 0.3) is 11.2 Å². The Hall–Kier alpha value is -2.90. The number of aromatic nitrogens is 2. The summed E-state index contributed by atoms with van der Waals surface area (Å²) in [5.41, 5.74) is 2.53. The lowest BCUT2D eigenvalue weighted by Crippen LogP contribution is -2.19. The second-order valence-corrected chi connectivity index (χ2v) is 7.24. The lowest BCUT2D eigenvalue weighted by atomic mass is 10.1. The van der Waals surface area contributed by atoms with E-state index in [1.165, 1.54) is 28.9 Å². The number of nitro groups is 1. The van der Waals surface area contributed by atoms with E-state index in [0.717, 1.165) is 12.1 Å². The summed E-state index contributed by atoms with van der Waals surface area (Å²) >= 11 is 12.0. The predicted octanol–water partition coefficient (Wildman–Crippen LogP) is 5.47. The predicted molar refractivity (Wildman–Crippen MR) is 115 cm³/mol. The van der Waals surface area contributed by atoms with E-state index in [1.54, 1.807) is 25.1 Å². The summed E-state index contributed by atoms with van der Waals surface area (Å²) in [6, 6.07) is 10.8. The number of non-ortho nitro benzene ring substituents is 1. The molecule has 3 rings (SSSR count). The molecule has 150 valence electrons. The normalized spacial score (nSPS) is 11.7. The van der Waals surface area contributed by atoms with Crippen molar-refractivity contribution in [2.45, 2.75) is 26.7 Å². The fourth-order valence-corrected chi connectivity index (χ4v) is 3.29. The highest BCUT2D eigenvalue weighted by atomic mass is 35.5. The number of halogens is 2. The van der Waals surface area contributed by atoms with Gasteiger partial charge in [-0.05, 0) is 43.7 Å². The van der Waals surface area contributed by atoms with Crippen LogP contribution in [-0.4, -0.2) is 20.4 Å². The van der Waals surface area contributed by atoms with Crippen molar-refractivity contribution < 1.29 is 4.92 Å². The van der Waals surface area contributed by atoms with Gasteiger partial charge in [-0.3, -0.25) is 25.0 Å². The molecule has 0 aliphatic rings. The van der Waals surface area contributed by atoms with Gasteiger partial charge in [-0.15, -0.1) is 0 Å². The molecule has 0 atom stereocenters. The first-order valence-electron chi connectivity index (χ1n) is 8.91. The number of aromatic amines is 1. The first-order chi connectivity index (χ1) is 13.8. The molecule has 9 heteroatoms. The summed E-state index contributed by atoms with van der Waals surface area (Å²) in [5.74, 6) is 0. The number of benzene rings is 2. The minimum Gasteiger partial charge on any atom is -0.294 e. The molecule has 1 N–H and O–H groups in total. The van der Waals surface area contributed by atoms with Gasteiger partial charge in [-0.25, -0.2) is 4.68 Å². The summed E-state index contributed by atoms with van der Waals surface area (Å²) in [5, 5.41) is 14.8. The molecular weight excluding hydrogens is 415 g/mol. The smallest absolute Gasteiger partial charge is 0.280 e. The van der Waals surface area contributed by atoms with E-state index in [1.807, 2.05) is 6.92 Å². The zero-order valence-electron chi connectivity index (χ0n) is 15.8. The summed E-state index contributed by atoms with van der Waals surface area (Å²) < 4.78 is 1.37. The van der Waals surface area contributed by atoms with Crippen molar-refractivity contribution in [2.75, 3.05) is 0 Å². The van der Waals surface area contributed by atoms with Gasteiger partial charge < -0.3 is 0 Å². The van der Waals surface area contributed by atoms with E-state index >= 15 is 0 Å². The van der Waals surface area contributed by atoms with Gasteiger partial charge in [0.2, 0.25) is 0 Å². The maximum atomic E-state index is 13.1. The first kappa shape index (κ1) is 20.8. The second kappa shape index (κ2) is 8.63. The van der Waals surface area contributed by atoms with Crippen LogP contribution < -0.4 is 5.56 Å². The number of aliphatic imine (C=N–C) groups is 1. The topological polar surface area (TPSA) is 93.3 Å². The van der Waals surface area contributed by atoms with Crippen LogP contribution in [0.1, 0.15) is 31.5 Å². The molecule has 0 fully saturated rings. The molecule has 0 bridgehead atoms. The van der Waals surface area contributed by atoms with Crippen LogP contribution in [-0.2, 0) is 6.42 Å². The van der Waals surface area contributed by atoms with Crippen LogP contribution in [0, 0.1) is 10.1 Å². The average Bonchev–Trinajstić information content (AvgIpc) is 3.01. The molecule has 3 aromatic rings. The van der Waals surface area contributed by atoms with Gasteiger partial charge >= 0.3 is 0 Å². The monoisotopic (exact) mass is 432 g/mol. The van der Waals surface area contributed by atoms with Crippen molar-refractivity contribution in [3.63, 3.8) is 0 Å². The van der Waals surface area contributed by atoms with Crippen molar-refractivity contribution in [3.05, 3.63) is 84.2 Å². The van der Waals surface area contributed by atoms with Crippen molar-refractivity contribution >= 4 is 40.3 Å². The molecule has 0 amide bonds. The third-order valence-electron chi connectivity index (χ3n) is 4.35. The number of H-pyrrole nitrogens is 1. The van der Waals surface area contributed by atoms with Gasteiger partial charge in [0.05, 0.1) is 37.6 Å². The number of hydrogen-bond acceptors (Lipinski definition) is 4. The SMILES string of the molecule is CCCc1[nH]n(-c2ccc([N+](=O)[O-])cc2)c(=O)c1C(C)=Nc1ccc(Cl)c(Cl)c1. The van der Waals surface area contributed by atoms with E-state index in [2.05, 4.69) is 10.1 Å². The Bertz CT molecular complexity index is 1150. The molecule has 29 heavy (non-hydrogen) atoms. The molecule has 0 unspecified atom stereocenters. The Morgan fingerprint density at radius 2 is 1.86 bits per heavy atom. The Labute approximate surface area is 176 Å². The van der Waals surface area contributed by atoms with Crippen LogP contribution in [0.4, 0.5) is 11.4 Å². The first-order valence-corrected chi connectivity index (χ1v) is 9.66. The Kier molecular flexibility index (Phi) is 6.20. The molecule has 0 aliphatic heterocycles. The summed E-state index contributed by atoms with van der Waals surface area (Å²) in [7, 11) is 0. The Balaban J connectivity index is 2.08. The van der Waals surface area contributed by atoms with Crippen molar-refractivity contribution in [1.82, 2.24) is 9.78 Å². The van der Waals surface area contributed by atoms with Crippen LogP contribution in [0.15, 0.2) is 52.3 Å². The Morgan fingerprint density at radius 3 is 2.45 bits per heavy atom. The number of nitrogens with zero attached hydrogens (tertiary/aromatic N) is 3. The number of nitro benzene ring substituents is 1. The molecule has 0 saturated heterocycles. The van der Waals surface area contributed by atoms with E-state index in [0.29, 0.717) is 39.1 Å². The second-order valence-electron chi connectivity index (χ2n) is 6.43. The standard InChI is InChI=1S/C20H18Cl2N4O3/c1-3-4-18-19(12(2)23-13-5-10-16(21)17(22)11-13)20(27)25(24-18)14-6-8-15(9-7-14)26(28)29/h5-11,24H,3-4H2,1-2H3. The quantitative estimate of drug-likeness (QED) is 0.317. The van der Waals surface area contributed by atoms with Crippen LogP contribution in [0.5, 0.6) is 0 Å². The number of nitrogens with one attached hydrogen (secondary N) is 1. The lowest BCUT2D eigenvalue weighted by molar-refractivity contribution is -0.384. The molecular formula is C20H18Cl2N4O3. The summed E-state index contributed by atoms with van der Waals surface area (Å²) in [6.07, 6.45) is 1.48. The highest BCUT2D eigenvalue weighted by Gasteiger charge is 2.18. The van der Waals surface area contributed by atoms with E-state index in [-0.39, 0.29) is 11.2 Å². The van der Waals surface area contributed by atoms with E-state index in [9.17, 15) is 14.9 Å². The van der Waals surface area contributed by atoms with Crippen LogP contribution in [0.2, 0.25) is 10.0 Å². The summed E-state index contributed by atoms with van der Waals surface area (Å²) in [4.78, 5) is 28.0.